The van der Waals surface area contributed by atoms with Crippen molar-refractivity contribution in [3.63, 3.8) is 0 Å². The highest BCUT2D eigenvalue weighted by Gasteiger charge is 1.99. The molecule has 84 valence electrons. The summed E-state index contributed by atoms with van der Waals surface area (Å²) in [5, 5.41) is 13.9. The first-order valence-electron chi connectivity index (χ1n) is 5.16. The summed E-state index contributed by atoms with van der Waals surface area (Å²) in [6.45, 7) is 2.65. The van der Waals surface area contributed by atoms with E-state index in [1.54, 1.807) is 0 Å². The highest BCUT2D eigenvalue weighted by Crippen LogP contribution is 2.07. The van der Waals surface area contributed by atoms with Gasteiger partial charge in [-0.2, -0.15) is 5.26 Å². The van der Waals surface area contributed by atoms with Gasteiger partial charge in [0.1, 0.15) is 0 Å². The number of carbonyl (C=O) groups excluding carboxylic acids is 1. The van der Waals surface area contributed by atoms with Crippen molar-refractivity contribution in [1.29, 1.82) is 5.26 Å². The van der Waals surface area contributed by atoms with Crippen molar-refractivity contribution < 1.29 is 4.79 Å². The highest BCUT2D eigenvalue weighted by atomic mass is 16.1. The molecular weight excluding hydrogens is 202 g/mol. The molecule has 0 bridgehead atoms. The molecule has 16 heavy (non-hydrogen) atoms. The molecule has 0 unspecified atom stereocenters. The first-order chi connectivity index (χ1) is 7.72. The molecule has 0 radical (unpaired) electrons. The van der Waals surface area contributed by atoms with Crippen molar-refractivity contribution in [2.75, 3.05) is 18.4 Å². The number of amides is 1. The van der Waals surface area contributed by atoms with Crippen LogP contribution in [0.5, 0.6) is 0 Å². The van der Waals surface area contributed by atoms with Crippen molar-refractivity contribution in [3.05, 3.63) is 29.8 Å². The molecular formula is C12H15N3O. The van der Waals surface area contributed by atoms with Gasteiger partial charge in [0.25, 0.3) is 0 Å². The first-order valence-corrected chi connectivity index (χ1v) is 5.16. The van der Waals surface area contributed by atoms with Crippen molar-refractivity contribution in [2.24, 2.45) is 0 Å². The lowest BCUT2D eigenvalue weighted by atomic mass is 10.2. The maximum Gasteiger partial charge on any atom is 0.239 e. The van der Waals surface area contributed by atoms with Crippen LogP contribution in [0, 0.1) is 18.3 Å². The molecule has 0 saturated heterocycles. The number of nitrogens with zero attached hydrogens (tertiary/aromatic N) is 1. The summed E-state index contributed by atoms with van der Waals surface area (Å²) in [6.07, 6.45) is 0.344. The maximum absolute atomic E-state index is 11.3. The largest absolute Gasteiger partial charge is 0.376 e. The van der Waals surface area contributed by atoms with Crippen molar-refractivity contribution in [3.8, 4) is 6.07 Å². The van der Waals surface area contributed by atoms with Crippen LogP contribution in [0.4, 0.5) is 5.69 Å². The third-order valence-electron chi connectivity index (χ3n) is 2.06. The Morgan fingerprint density at radius 3 is 2.69 bits per heavy atom. The van der Waals surface area contributed by atoms with E-state index in [1.165, 1.54) is 5.56 Å². The number of benzene rings is 1. The second-order valence-corrected chi connectivity index (χ2v) is 3.48. The smallest absolute Gasteiger partial charge is 0.239 e. The molecule has 1 amide bonds. The minimum Gasteiger partial charge on any atom is -0.376 e. The summed E-state index contributed by atoms with van der Waals surface area (Å²) >= 11 is 0. The number of anilines is 1. The molecule has 0 aromatic heterocycles. The Morgan fingerprint density at radius 2 is 2.06 bits per heavy atom. The Bertz CT molecular complexity index is 378. The summed E-state index contributed by atoms with van der Waals surface area (Å²) in [5.41, 5.74) is 2.10. The van der Waals surface area contributed by atoms with Gasteiger partial charge in [-0.15, -0.1) is 0 Å². The summed E-state index contributed by atoms with van der Waals surface area (Å²) in [7, 11) is 0. The third kappa shape index (κ3) is 4.47. The van der Waals surface area contributed by atoms with Crippen LogP contribution < -0.4 is 10.6 Å². The van der Waals surface area contributed by atoms with Gasteiger partial charge in [-0.1, -0.05) is 17.7 Å². The van der Waals surface area contributed by atoms with Crippen LogP contribution in [-0.4, -0.2) is 19.0 Å². The Kier molecular flexibility index (Phi) is 4.87. The van der Waals surface area contributed by atoms with E-state index in [9.17, 15) is 4.79 Å². The summed E-state index contributed by atoms with van der Waals surface area (Å²) in [5.74, 6) is -0.101. The minimum atomic E-state index is -0.101. The molecule has 4 heteroatoms. The molecule has 0 atom stereocenters. The second kappa shape index (κ2) is 6.46. The highest BCUT2D eigenvalue weighted by molar-refractivity contribution is 5.80. The Labute approximate surface area is 95.3 Å². The van der Waals surface area contributed by atoms with Gasteiger partial charge in [-0.05, 0) is 19.1 Å². The summed E-state index contributed by atoms with van der Waals surface area (Å²) in [4.78, 5) is 11.3. The number of carbonyl (C=O) groups is 1. The fourth-order valence-corrected chi connectivity index (χ4v) is 1.17. The predicted molar refractivity (Wildman–Crippen MR) is 62.9 cm³/mol. The van der Waals surface area contributed by atoms with Crippen molar-refractivity contribution in [2.45, 2.75) is 13.3 Å². The maximum atomic E-state index is 11.3. The third-order valence-corrected chi connectivity index (χ3v) is 2.06. The van der Waals surface area contributed by atoms with E-state index < -0.39 is 0 Å². The van der Waals surface area contributed by atoms with E-state index in [0.717, 1.165) is 5.69 Å². The molecule has 0 spiro atoms. The number of hydrogen-bond donors (Lipinski definition) is 2. The lowest BCUT2D eigenvalue weighted by Gasteiger charge is -2.06. The van der Waals surface area contributed by atoms with Gasteiger partial charge in [-0.3, -0.25) is 4.79 Å². The zero-order valence-electron chi connectivity index (χ0n) is 9.29. The van der Waals surface area contributed by atoms with Gasteiger partial charge in [0.05, 0.1) is 19.0 Å². The van der Waals surface area contributed by atoms with Crippen LogP contribution >= 0.6 is 0 Å². The monoisotopic (exact) mass is 217 g/mol. The minimum absolute atomic E-state index is 0.101. The zero-order chi connectivity index (χ0) is 11.8. The number of nitrogens with one attached hydrogen (secondary N) is 2. The average Bonchev–Trinajstić information content (AvgIpc) is 2.29. The zero-order valence-corrected chi connectivity index (χ0v) is 9.29. The molecule has 0 aliphatic rings. The van der Waals surface area contributed by atoms with E-state index in [0.29, 0.717) is 13.0 Å². The topological polar surface area (TPSA) is 64.9 Å². The lowest BCUT2D eigenvalue weighted by Crippen LogP contribution is -2.30. The number of aryl methyl sites for hydroxylation is 1. The average molecular weight is 217 g/mol. The summed E-state index contributed by atoms with van der Waals surface area (Å²) < 4.78 is 0. The van der Waals surface area contributed by atoms with Crippen molar-refractivity contribution >= 4 is 11.6 Å². The molecule has 0 fully saturated rings. The molecule has 1 rings (SSSR count). The summed E-state index contributed by atoms with van der Waals surface area (Å²) in [6, 6.07) is 9.79. The Balaban J connectivity index is 2.26. The normalized spacial score (nSPS) is 9.25. The van der Waals surface area contributed by atoms with E-state index in [2.05, 4.69) is 10.6 Å². The number of rotatable bonds is 5. The SMILES string of the molecule is Cc1ccc(NCC(=O)NCCC#N)cc1. The molecule has 0 saturated carbocycles. The van der Waals surface area contributed by atoms with E-state index >= 15 is 0 Å². The van der Waals surface area contributed by atoms with Crippen molar-refractivity contribution in [1.82, 2.24) is 5.32 Å². The van der Waals surface area contributed by atoms with Gasteiger partial charge in [0.2, 0.25) is 5.91 Å². The standard InChI is InChI=1S/C12H15N3O/c1-10-3-5-11(6-4-10)15-9-12(16)14-8-2-7-13/h3-6,15H,2,8-9H2,1H3,(H,14,16). The van der Waals surface area contributed by atoms with Gasteiger partial charge in [0.15, 0.2) is 0 Å². The number of hydrogen-bond acceptors (Lipinski definition) is 3. The van der Waals surface area contributed by atoms with Gasteiger partial charge < -0.3 is 10.6 Å². The van der Waals surface area contributed by atoms with E-state index in [1.807, 2.05) is 37.3 Å². The molecule has 2 N–H and O–H groups in total. The molecule has 1 aromatic rings. The number of nitriles is 1. The van der Waals surface area contributed by atoms with Crippen LogP contribution in [0.25, 0.3) is 0 Å². The molecule has 1 aromatic carbocycles. The van der Waals surface area contributed by atoms with Gasteiger partial charge in [-0.25, -0.2) is 0 Å². The second-order valence-electron chi connectivity index (χ2n) is 3.48. The van der Waals surface area contributed by atoms with Crippen LogP contribution in [0.15, 0.2) is 24.3 Å². The van der Waals surface area contributed by atoms with Crippen LogP contribution in [0.3, 0.4) is 0 Å². The Morgan fingerprint density at radius 1 is 1.38 bits per heavy atom. The quantitative estimate of drug-likeness (QED) is 0.733. The molecule has 0 heterocycles. The van der Waals surface area contributed by atoms with Crippen LogP contribution in [0.1, 0.15) is 12.0 Å². The lowest BCUT2D eigenvalue weighted by molar-refractivity contribution is -0.119. The van der Waals surface area contributed by atoms with E-state index in [4.69, 9.17) is 5.26 Å². The van der Waals surface area contributed by atoms with Gasteiger partial charge in [0, 0.05) is 12.2 Å². The fourth-order valence-electron chi connectivity index (χ4n) is 1.17. The van der Waals surface area contributed by atoms with Crippen LogP contribution in [0.2, 0.25) is 0 Å². The fraction of sp³-hybridized carbons (Fsp3) is 0.333. The molecule has 0 aliphatic carbocycles. The molecule has 4 nitrogen and oxygen atoms in total. The first kappa shape index (κ1) is 12.1. The molecule has 0 aliphatic heterocycles. The van der Waals surface area contributed by atoms with E-state index in [-0.39, 0.29) is 12.5 Å². The predicted octanol–water partition coefficient (Wildman–Crippen LogP) is 1.44. The van der Waals surface area contributed by atoms with Gasteiger partial charge >= 0.3 is 0 Å². The van der Waals surface area contributed by atoms with Crippen LogP contribution in [-0.2, 0) is 4.79 Å². The Hall–Kier alpha value is -2.02.